The number of carbonyl (C=O) groups excluding carboxylic acids is 1. The van der Waals surface area contributed by atoms with Gasteiger partial charge in [0.2, 0.25) is 5.91 Å². The number of hydrogen-bond acceptors (Lipinski definition) is 6. The van der Waals surface area contributed by atoms with Crippen molar-refractivity contribution in [3.05, 3.63) is 44.2 Å². The largest absolute Gasteiger partial charge is 0.353 e. The van der Waals surface area contributed by atoms with E-state index in [9.17, 15) is 9.59 Å². The van der Waals surface area contributed by atoms with Gasteiger partial charge in [0, 0.05) is 17.5 Å². The molecule has 0 unspecified atom stereocenters. The molecule has 3 rings (SSSR count). The Morgan fingerprint density at radius 1 is 1.35 bits per heavy atom. The van der Waals surface area contributed by atoms with Gasteiger partial charge in [-0.15, -0.1) is 22.7 Å². The predicted molar refractivity (Wildman–Crippen MR) is 111 cm³/mol. The maximum absolute atomic E-state index is 12.9. The third-order valence-electron chi connectivity index (χ3n) is 4.04. The summed E-state index contributed by atoms with van der Waals surface area (Å²) in [5.74, 6) is 0.222. The van der Waals surface area contributed by atoms with Gasteiger partial charge in [-0.3, -0.25) is 14.2 Å². The topological polar surface area (TPSA) is 64.0 Å². The summed E-state index contributed by atoms with van der Waals surface area (Å²) >= 11 is 4.42. The van der Waals surface area contributed by atoms with Crippen LogP contribution in [0, 0.1) is 0 Å². The Balaban J connectivity index is 1.81. The molecule has 1 atom stereocenters. The van der Waals surface area contributed by atoms with E-state index in [0.29, 0.717) is 21.9 Å². The van der Waals surface area contributed by atoms with E-state index >= 15 is 0 Å². The van der Waals surface area contributed by atoms with Crippen molar-refractivity contribution in [3.8, 4) is 0 Å². The zero-order chi connectivity index (χ0) is 18.5. The summed E-state index contributed by atoms with van der Waals surface area (Å²) in [6.07, 6.45) is 1.67. The van der Waals surface area contributed by atoms with Gasteiger partial charge in [-0.25, -0.2) is 4.98 Å². The standard InChI is InChI=1S/C18H21N3O2S3/c1-3-12(2)19-15(22)11-26-18-20-14-7-10-25-16(14)17(23)21(18)8-6-13-5-4-9-24-13/h4-5,7,9-10,12H,3,6,8,11H2,1-2H3,(H,19,22)/t12-/m0/s1. The number of aryl methyl sites for hydroxylation is 1. The molecule has 0 bridgehead atoms. The maximum Gasteiger partial charge on any atom is 0.272 e. The zero-order valence-corrected chi connectivity index (χ0v) is 17.2. The average Bonchev–Trinajstić information content (AvgIpc) is 3.30. The van der Waals surface area contributed by atoms with Crippen LogP contribution >= 0.6 is 34.4 Å². The number of thioether (sulfide) groups is 1. The molecular formula is C18H21N3O2S3. The molecule has 5 nitrogen and oxygen atoms in total. The van der Waals surface area contributed by atoms with Gasteiger partial charge in [0.15, 0.2) is 5.16 Å². The number of fused-ring (bicyclic) bond motifs is 1. The number of carbonyl (C=O) groups is 1. The summed E-state index contributed by atoms with van der Waals surface area (Å²) in [6, 6.07) is 6.09. The first-order valence-electron chi connectivity index (χ1n) is 8.51. The van der Waals surface area contributed by atoms with Crippen LogP contribution in [0.5, 0.6) is 0 Å². The Morgan fingerprint density at radius 2 is 2.19 bits per heavy atom. The van der Waals surface area contributed by atoms with Gasteiger partial charge in [0.1, 0.15) is 4.70 Å². The van der Waals surface area contributed by atoms with Crippen molar-refractivity contribution < 1.29 is 4.79 Å². The minimum Gasteiger partial charge on any atom is -0.353 e. The fraction of sp³-hybridized carbons (Fsp3) is 0.389. The highest BCUT2D eigenvalue weighted by atomic mass is 32.2. The van der Waals surface area contributed by atoms with Crippen molar-refractivity contribution in [2.45, 2.75) is 44.4 Å². The monoisotopic (exact) mass is 407 g/mol. The molecule has 0 aliphatic carbocycles. The van der Waals surface area contributed by atoms with Gasteiger partial charge in [-0.05, 0) is 42.7 Å². The lowest BCUT2D eigenvalue weighted by atomic mass is 10.3. The van der Waals surface area contributed by atoms with Crippen molar-refractivity contribution in [1.29, 1.82) is 0 Å². The van der Waals surface area contributed by atoms with Crippen LogP contribution in [-0.4, -0.2) is 27.3 Å². The Hall–Kier alpha value is -1.64. The molecule has 0 aliphatic heterocycles. The van der Waals surface area contributed by atoms with Crippen LogP contribution in [-0.2, 0) is 17.8 Å². The summed E-state index contributed by atoms with van der Waals surface area (Å²) in [6.45, 7) is 4.58. The maximum atomic E-state index is 12.9. The van der Waals surface area contributed by atoms with E-state index in [-0.39, 0.29) is 23.3 Å². The van der Waals surface area contributed by atoms with Gasteiger partial charge in [0.25, 0.3) is 5.56 Å². The third-order valence-corrected chi connectivity index (χ3v) is 6.85. The van der Waals surface area contributed by atoms with E-state index < -0.39 is 0 Å². The smallest absolute Gasteiger partial charge is 0.272 e. The number of nitrogens with one attached hydrogen (secondary N) is 1. The fourth-order valence-electron chi connectivity index (χ4n) is 2.46. The molecule has 0 saturated carbocycles. The second-order valence-corrected chi connectivity index (χ2v) is 8.87. The van der Waals surface area contributed by atoms with E-state index in [0.717, 1.165) is 12.8 Å². The molecule has 8 heteroatoms. The number of aromatic nitrogens is 2. The van der Waals surface area contributed by atoms with Crippen LogP contribution in [0.4, 0.5) is 0 Å². The average molecular weight is 408 g/mol. The molecule has 0 saturated heterocycles. The van der Waals surface area contributed by atoms with Crippen molar-refractivity contribution in [3.63, 3.8) is 0 Å². The molecule has 0 aromatic carbocycles. The molecule has 3 heterocycles. The first-order chi connectivity index (χ1) is 12.6. The molecule has 26 heavy (non-hydrogen) atoms. The Labute approximate surface area is 164 Å². The lowest BCUT2D eigenvalue weighted by Gasteiger charge is -2.13. The molecule has 1 amide bonds. The number of rotatable bonds is 8. The number of amides is 1. The molecule has 3 aromatic heterocycles. The molecule has 0 spiro atoms. The van der Waals surface area contributed by atoms with Crippen molar-refractivity contribution in [1.82, 2.24) is 14.9 Å². The van der Waals surface area contributed by atoms with Crippen molar-refractivity contribution >= 4 is 50.6 Å². The summed E-state index contributed by atoms with van der Waals surface area (Å²) in [5.41, 5.74) is 0.684. The van der Waals surface area contributed by atoms with Crippen LogP contribution in [0.25, 0.3) is 10.2 Å². The summed E-state index contributed by atoms with van der Waals surface area (Å²) in [4.78, 5) is 30.8. The SMILES string of the molecule is CC[C@H](C)NC(=O)CSc1nc2ccsc2c(=O)n1CCc1cccs1. The number of nitrogens with zero attached hydrogens (tertiary/aromatic N) is 2. The number of hydrogen-bond donors (Lipinski definition) is 1. The highest BCUT2D eigenvalue weighted by Gasteiger charge is 2.15. The van der Waals surface area contributed by atoms with Crippen molar-refractivity contribution in [2.75, 3.05) is 5.75 Å². The Kier molecular flexibility index (Phi) is 6.50. The minimum absolute atomic E-state index is 0.0219. The third kappa shape index (κ3) is 4.55. The predicted octanol–water partition coefficient (Wildman–Crippen LogP) is 3.77. The van der Waals surface area contributed by atoms with Crippen molar-refractivity contribution in [2.24, 2.45) is 0 Å². The lowest BCUT2D eigenvalue weighted by molar-refractivity contribution is -0.119. The molecule has 3 aromatic rings. The van der Waals surface area contributed by atoms with E-state index in [2.05, 4.69) is 16.4 Å². The van der Waals surface area contributed by atoms with Gasteiger partial charge < -0.3 is 5.32 Å². The van der Waals surface area contributed by atoms with Crippen LogP contribution < -0.4 is 10.9 Å². The van der Waals surface area contributed by atoms with Crippen LogP contribution in [0.15, 0.2) is 38.9 Å². The molecule has 0 fully saturated rings. The van der Waals surface area contributed by atoms with Crippen LogP contribution in [0.3, 0.4) is 0 Å². The van der Waals surface area contributed by atoms with Gasteiger partial charge in [-0.2, -0.15) is 0 Å². The quantitative estimate of drug-likeness (QED) is 0.456. The second-order valence-electron chi connectivity index (χ2n) is 5.98. The van der Waals surface area contributed by atoms with E-state index in [1.165, 1.54) is 28.0 Å². The van der Waals surface area contributed by atoms with Gasteiger partial charge >= 0.3 is 0 Å². The summed E-state index contributed by atoms with van der Waals surface area (Å²) < 4.78 is 2.38. The molecule has 1 N–H and O–H groups in total. The van der Waals surface area contributed by atoms with E-state index in [1.807, 2.05) is 36.7 Å². The van der Waals surface area contributed by atoms with Gasteiger partial charge in [0.05, 0.1) is 11.3 Å². The lowest BCUT2D eigenvalue weighted by Crippen LogP contribution is -2.33. The second kappa shape index (κ2) is 8.83. The highest BCUT2D eigenvalue weighted by molar-refractivity contribution is 7.99. The normalized spacial score (nSPS) is 12.4. The van der Waals surface area contributed by atoms with Crippen LogP contribution in [0.2, 0.25) is 0 Å². The minimum atomic E-state index is -0.0335. The van der Waals surface area contributed by atoms with Crippen LogP contribution in [0.1, 0.15) is 25.1 Å². The fourth-order valence-corrected chi connectivity index (χ4v) is 4.77. The van der Waals surface area contributed by atoms with E-state index in [1.54, 1.807) is 15.9 Å². The first-order valence-corrected chi connectivity index (χ1v) is 11.3. The highest BCUT2D eigenvalue weighted by Crippen LogP contribution is 2.21. The van der Waals surface area contributed by atoms with E-state index in [4.69, 9.17) is 0 Å². The molecular weight excluding hydrogens is 386 g/mol. The molecule has 0 aliphatic rings. The Bertz CT molecular complexity index is 931. The molecule has 138 valence electrons. The summed E-state index contributed by atoms with van der Waals surface area (Å²) in [5, 5.41) is 7.47. The first kappa shape index (κ1) is 19.1. The van der Waals surface area contributed by atoms with Gasteiger partial charge in [-0.1, -0.05) is 24.8 Å². The summed E-state index contributed by atoms with van der Waals surface area (Å²) in [7, 11) is 0. The Morgan fingerprint density at radius 3 is 2.92 bits per heavy atom. The molecule has 0 radical (unpaired) electrons. The number of thiophene rings is 2. The zero-order valence-electron chi connectivity index (χ0n) is 14.7.